The Hall–Kier alpha value is -3.18. The first-order valence-electron chi connectivity index (χ1n) is 15.0. The molecule has 6 rings (SSSR count). The van der Waals surface area contributed by atoms with E-state index in [1.807, 2.05) is 38.1 Å². The van der Waals surface area contributed by atoms with Gasteiger partial charge in [-0.1, -0.05) is 24.3 Å². The highest BCUT2D eigenvalue weighted by Crippen LogP contribution is 2.40. The second-order valence-electron chi connectivity index (χ2n) is 11.2. The van der Waals surface area contributed by atoms with Crippen LogP contribution in [-0.4, -0.2) is 72.9 Å². The Balaban J connectivity index is 0.000000168. The fraction of sp³-hybridized carbons (Fsp3) is 0.562. The third-order valence-corrected chi connectivity index (χ3v) is 8.26. The molecule has 0 aromatic heterocycles. The monoisotopic (exact) mass is 582 g/mol. The van der Waals surface area contributed by atoms with Gasteiger partial charge in [0.1, 0.15) is 0 Å². The Kier molecular flexibility index (Phi) is 9.99. The summed E-state index contributed by atoms with van der Waals surface area (Å²) in [5.41, 5.74) is 6.51. The zero-order valence-corrected chi connectivity index (χ0v) is 24.3. The zero-order valence-electron chi connectivity index (χ0n) is 24.3. The number of anilines is 2. The quantitative estimate of drug-likeness (QED) is 0.342. The number of rotatable bonds is 8. The van der Waals surface area contributed by atoms with Crippen LogP contribution in [0.15, 0.2) is 36.4 Å². The van der Waals surface area contributed by atoms with Gasteiger partial charge in [-0.25, -0.2) is 0 Å². The predicted molar refractivity (Wildman–Crippen MR) is 156 cm³/mol. The molecule has 42 heavy (non-hydrogen) atoms. The predicted octanol–water partition coefficient (Wildman–Crippen LogP) is 3.60. The van der Waals surface area contributed by atoms with Gasteiger partial charge >= 0.3 is 11.9 Å². The summed E-state index contributed by atoms with van der Waals surface area (Å²) in [6.07, 6.45) is 2.89. The van der Waals surface area contributed by atoms with Gasteiger partial charge in [-0.2, -0.15) is 0 Å². The number of aliphatic hydroxyl groups excluding tert-OH is 2. The van der Waals surface area contributed by atoms with Crippen molar-refractivity contribution in [2.45, 2.75) is 88.9 Å². The summed E-state index contributed by atoms with van der Waals surface area (Å²) in [6, 6.07) is 12.4. The van der Waals surface area contributed by atoms with Gasteiger partial charge in [0.15, 0.2) is 0 Å². The van der Waals surface area contributed by atoms with Crippen LogP contribution in [0.3, 0.4) is 0 Å². The number of nitrogens with one attached hydrogen (secondary N) is 2. The van der Waals surface area contributed by atoms with E-state index in [4.69, 9.17) is 18.9 Å². The maximum absolute atomic E-state index is 11.4. The first-order chi connectivity index (χ1) is 20.3. The molecule has 0 aliphatic carbocycles. The van der Waals surface area contributed by atoms with Gasteiger partial charge in [0.25, 0.3) is 0 Å². The minimum Gasteiger partial charge on any atom is -0.466 e. The second-order valence-corrected chi connectivity index (χ2v) is 11.2. The number of hydrogen-bond acceptors (Lipinski definition) is 10. The molecule has 4 bridgehead atoms. The molecule has 4 N–H and O–H groups in total. The first-order valence-corrected chi connectivity index (χ1v) is 15.0. The average molecular weight is 583 g/mol. The smallest absolute Gasteiger partial charge is 0.306 e. The van der Waals surface area contributed by atoms with Gasteiger partial charge in [0, 0.05) is 48.2 Å². The van der Waals surface area contributed by atoms with E-state index < -0.39 is 12.2 Å². The van der Waals surface area contributed by atoms with Crippen molar-refractivity contribution in [3.63, 3.8) is 0 Å². The molecule has 6 atom stereocenters. The summed E-state index contributed by atoms with van der Waals surface area (Å²) in [5.74, 6) is -0.323. The van der Waals surface area contributed by atoms with Crippen molar-refractivity contribution in [2.24, 2.45) is 0 Å². The molecule has 4 heterocycles. The fourth-order valence-electron chi connectivity index (χ4n) is 6.01. The number of hydrogen-bond donors (Lipinski definition) is 4. The van der Waals surface area contributed by atoms with E-state index in [1.165, 1.54) is 0 Å². The molecule has 10 nitrogen and oxygen atoms in total. The summed E-state index contributed by atoms with van der Waals surface area (Å²) >= 11 is 0. The van der Waals surface area contributed by atoms with E-state index in [-0.39, 0.29) is 36.2 Å². The Bertz CT molecular complexity index is 1160. The number of carbonyl (C=O) groups excluding carboxylic acids is 2. The summed E-state index contributed by atoms with van der Waals surface area (Å²) in [5, 5.41) is 26.5. The third kappa shape index (κ3) is 7.23. The highest BCUT2D eigenvalue weighted by Gasteiger charge is 2.37. The lowest BCUT2D eigenvalue weighted by Gasteiger charge is -2.40. The second kappa shape index (κ2) is 13.9. The maximum Gasteiger partial charge on any atom is 0.306 e. The molecule has 2 aromatic carbocycles. The summed E-state index contributed by atoms with van der Waals surface area (Å²) in [6.45, 7) is 5.21. The van der Waals surface area contributed by atoms with Gasteiger partial charge in [-0.3, -0.25) is 9.59 Å². The van der Waals surface area contributed by atoms with Crippen LogP contribution in [0.5, 0.6) is 0 Å². The Morgan fingerprint density at radius 2 is 1.19 bits per heavy atom. The van der Waals surface area contributed by atoms with Crippen LogP contribution in [0.25, 0.3) is 0 Å². The molecular weight excluding hydrogens is 540 g/mol. The SMILES string of the molecule is CCOC(=O)CCc1ccc2c(c1)[C@@H]1C[C@H](N2)[C@H](O)CO1.CCOC(=O)CCc1ccc2c(c1)[C@H]1C[C@@H](N2)[C@H](O)CO1. The fourth-order valence-corrected chi connectivity index (χ4v) is 6.01. The lowest BCUT2D eigenvalue weighted by Crippen LogP contribution is -2.45. The summed E-state index contributed by atoms with van der Waals surface area (Å²) in [4.78, 5) is 22.9. The number of benzene rings is 2. The molecule has 0 saturated carbocycles. The summed E-state index contributed by atoms with van der Waals surface area (Å²) < 4.78 is 21.3. The lowest BCUT2D eigenvalue weighted by molar-refractivity contribution is -0.144. The molecule has 0 amide bonds. The molecule has 2 saturated heterocycles. The van der Waals surface area contributed by atoms with Crippen molar-refractivity contribution in [1.29, 1.82) is 0 Å². The van der Waals surface area contributed by atoms with Crippen LogP contribution in [0.4, 0.5) is 11.4 Å². The van der Waals surface area contributed by atoms with E-state index in [0.29, 0.717) is 52.1 Å². The van der Waals surface area contributed by atoms with Crippen LogP contribution >= 0.6 is 0 Å². The van der Waals surface area contributed by atoms with Crippen LogP contribution in [0.1, 0.15) is 74.0 Å². The number of ether oxygens (including phenoxy) is 4. The molecule has 4 aliphatic rings. The number of esters is 2. The van der Waals surface area contributed by atoms with Gasteiger partial charge in [0.05, 0.1) is 62.9 Å². The minimum atomic E-state index is -0.446. The van der Waals surface area contributed by atoms with Crippen LogP contribution in [-0.2, 0) is 41.4 Å². The van der Waals surface area contributed by atoms with Crippen LogP contribution in [0, 0.1) is 0 Å². The highest BCUT2D eigenvalue weighted by molar-refractivity contribution is 5.70. The molecule has 228 valence electrons. The minimum absolute atomic E-state index is 0.0391. The lowest BCUT2D eigenvalue weighted by atomic mass is 9.88. The third-order valence-electron chi connectivity index (χ3n) is 8.26. The van der Waals surface area contributed by atoms with Gasteiger partial charge in [-0.15, -0.1) is 0 Å². The maximum atomic E-state index is 11.4. The van der Waals surface area contributed by atoms with E-state index in [9.17, 15) is 19.8 Å². The van der Waals surface area contributed by atoms with Gasteiger partial charge < -0.3 is 39.8 Å². The van der Waals surface area contributed by atoms with Gasteiger partial charge in [0.2, 0.25) is 0 Å². The average Bonchev–Trinajstić information content (AvgIpc) is 2.99. The van der Waals surface area contributed by atoms with Gasteiger partial charge in [-0.05, 0) is 49.9 Å². The molecule has 2 fully saturated rings. The van der Waals surface area contributed by atoms with Crippen molar-refractivity contribution < 1.29 is 38.7 Å². The number of aliphatic hydroxyl groups is 2. The standard InChI is InChI=1S/2C16H21NO4/c2*1-2-20-16(19)6-4-10-3-5-12-11(7-10)15-8-13(17-12)14(18)9-21-15/h2*3,5,7,13-15,17-18H,2,4,6,8-9H2,1H3/t13-,14+,15-;13-,14-,15-/m01/s1. The van der Waals surface area contributed by atoms with E-state index in [2.05, 4.69) is 22.8 Å². The van der Waals surface area contributed by atoms with Crippen molar-refractivity contribution in [2.75, 3.05) is 37.1 Å². The van der Waals surface area contributed by atoms with Crippen LogP contribution in [0.2, 0.25) is 0 Å². The highest BCUT2D eigenvalue weighted by atomic mass is 16.5. The number of aryl methyl sites for hydroxylation is 2. The Morgan fingerprint density at radius 3 is 1.60 bits per heavy atom. The molecule has 0 unspecified atom stereocenters. The number of carbonyl (C=O) groups is 2. The van der Waals surface area contributed by atoms with Crippen molar-refractivity contribution >= 4 is 23.3 Å². The van der Waals surface area contributed by atoms with E-state index >= 15 is 0 Å². The molecule has 0 spiro atoms. The molecular formula is C32H42N2O8. The largest absolute Gasteiger partial charge is 0.466 e. The first kappa shape index (κ1) is 30.3. The van der Waals surface area contributed by atoms with Crippen LogP contribution < -0.4 is 10.6 Å². The van der Waals surface area contributed by atoms with Crippen molar-refractivity contribution in [3.05, 3.63) is 58.7 Å². The topological polar surface area (TPSA) is 136 Å². The Labute approximate surface area is 246 Å². The van der Waals surface area contributed by atoms with E-state index in [0.717, 1.165) is 46.5 Å². The Morgan fingerprint density at radius 1 is 0.762 bits per heavy atom. The van der Waals surface area contributed by atoms with E-state index in [1.54, 1.807) is 0 Å². The molecule has 4 aliphatic heterocycles. The van der Waals surface area contributed by atoms with Crippen molar-refractivity contribution in [1.82, 2.24) is 0 Å². The molecule has 10 heteroatoms. The zero-order chi connectivity index (χ0) is 29.6. The molecule has 0 radical (unpaired) electrons. The van der Waals surface area contributed by atoms with Crippen molar-refractivity contribution in [3.8, 4) is 0 Å². The summed E-state index contributed by atoms with van der Waals surface area (Å²) in [7, 11) is 0. The molecule has 2 aromatic rings. The normalized spacial score (nSPS) is 26.7. The number of fused-ring (bicyclic) bond motifs is 8.